The van der Waals surface area contributed by atoms with Crippen LogP contribution < -0.4 is 0 Å². The molecule has 0 saturated heterocycles. The smallest absolute Gasteiger partial charge is 0.0649 e. The van der Waals surface area contributed by atoms with Crippen LogP contribution in [0.3, 0.4) is 0 Å². The van der Waals surface area contributed by atoms with Crippen LogP contribution >= 0.6 is 11.8 Å². The second-order valence-corrected chi connectivity index (χ2v) is 5.70. The van der Waals surface area contributed by atoms with Crippen molar-refractivity contribution in [3.05, 3.63) is 39.5 Å². The number of fused-ring (bicyclic) bond motifs is 1. The maximum Gasteiger partial charge on any atom is 0.0649 e. The second kappa shape index (κ2) is 5.77. The van der Waals surface area contributed by atoms with E-state index in [0.29, 0.717) is 0 Å². The molecule has 0 nitrogen and oxygen atoms in total. The topological polar surface area (TPSA) is 0 Å². The summed E-state index contributed by atoms with van der Waals surface area (Å²) in [4.78, 5) is 1.62. The minimum Gasteiger partial charge on any atom is -0.116 e. The molecule has 0 unspecified atom stereocenters. The highest BCUT2D eigenvalue weighted by Crippen LogP contribution is 2.52. The summed E-state index contributed by atoms with van der Waals surface area (Å²) >= 11 is 2.06. The molecule has 0 spiro atoms. The molecule has 16 heavy (non-hydrogen) atoms. The minimum atomic E-state index is 1.27. The fourth-order valence-electron chi connectivity index (χ4n) is 2.21. The maximum atomic E-state index is 2.30. The summed E-state index contributed by atoms with van der Waals surface area (Å²) in [5.74, 6) is 0. The van der Waals surface area contributed by atoms with E-state index in [9.17, 15) is 0 Å². The van der Waals surface area contributed by atoms with E-state index in [1.807, 2.05) is 0 Å². The van der Waals surface area contributed by atoms with Crippen molar-refractivity contribution in [3.8, 4) is 0 Å². The van der Waals surface area contributed by atoms with Gasteiger partial charge in [-0.25, -0.2) is 0 Å². The summed E-state index contributed by atoms with van der Waals surface area (Å²) < 4.78 is 0. The molecule has 0 N–H and O–H groups in total. The van der Waals surface area contributed by atoms with Crippen LogP contribution in [0.25, 0.3) is 0 Å². The van der Waals surface area contributed by atoms with E-state index >= 15 is 0 Å². The normalized spacial score (nSPS) is 19.5. The summed E-state index contributed by atoms with van der Waals surface area (Å²) in [7, 11) is 0. The molecule has 1 aliphatic heterocycles. The van der Waals surface area contributed by atoms with Gasteiger partial charge in [-0.15, -0.1) is 11.8 Å². The van der Waals surface area contributed by atoms with Crippen molar-refractivity contribution in [2.45, 2.75) is 52.4 Å². The summed E-state index contributed by atoms with van der Waals surface area (Å²) in [5.41, 5.74) is 3.06. The lowest BCUT2D eigenvalue weighted by Gasteiger charge is -2.09. The highest BCUT2D eigenvalue weighted by molar-refractivity contribution is 8.06. The van der Waals surface area contributed by atoms with Crippen molar-refractivity contribution in [1.82, 2.24) is 0 Å². The molecule has 1 aliphatic carbocycles. The molecule has 2 rings (SSSR count). The molecule has 0 amide bonds. The summed E-state index contributed by atoms with van der Waals surface area (Å²) in [6.07, 6.45) is 14.6. The Balaban J connectivity index is 2.01. The lowest BCUT2D eigenvalue weighted by atomic mass is 10.0. The second-order valence-electron chi connectivity index (χ2n) is 4.51. The van der Waals surface area contributed by atoms with Crippen LogP contribution in [0.5, 0.6) is 0 Å². The number of allylic oxidation sites excluding steroid dienone is 5. The van der Waals surface area contributed by atoms with Gasteiger partial charge in [0.1, 0.15) is 0 Å². The summed E-state index contributed by atoms with van der Waals surface area (Å²) in [6, 6.07) is 0. The molecule has 0 aromatic heterocycles. The van der Waals surface area contributed by atoms with E-state index in [2.05, 4.69) is 43.8 Å². The number of thioether (sulfide) groups is 1. The highest BCUT2D eigenvalue weighted by Gasteiger charge is 2.29. The molecule has 0 atom stereocenters. The third-order valence-electron chi connectivity index (χ3n) is 3.18. The number of unbranched alkanes of at least 4 members (excludes halogenated alkanes) is 2. The average Bonchev–Trinajstić information content (AvgIpc) is 2.86. The van der Waals surface area contributed by atoms with Crippen molar-refractivity contribution in [1.29, 1.82) is 0 Å². The van der Waals surface area contributed by atoms with Crippen molar-refractivity contribution in [3.63, 3.8) is 0 Å². The standard InChI is InChI=1S/C15H21S/c1-3-5-10-14-12-8-7-9-13(12)15(16-14)11-6-4-2/h7-9H,3-6,10-11H2,1-2H3. The zero-order valence-electron chi connectivity index (χ0n) is 10.4. The lowest BCUT2D eigenvalue weighted by Crippen LogP contribution is -1.91. The molecule has 2 aliphatic rings. The minimum absolute atomic E-state index is 1.27. The van der Waals surface area contributed by atoms with E-state index in [1.165, 1.54) is 49.7 Å². The van der Waals surface area contributed by atoms with Gasteiger partial charge in [-0.2, -0.15) is 0 Å². The van der Waals surface area contributed by atoms with Crippen molar-refractivity contribution >= 4 is 11.8 Å². The molecular weight excluding hydrogens is 212 g/mol. The zero-order chi connectivity index (χ0) is 11.4. The van der Waals surface area contributed by atoms with Crippen LogP contribution in [-0.4, -0.2) is 0 Å². The highest BCUT2D eigenvalue weighted by atomic mass is 32.2. The lowest BCUT2D eigenvalue weighted by molar-refractivity contribution is 0.781. The van der Waals surface area contributed by atoms with Crippen LogP contribution in [0.4, 0.5) is 0 Å². The Hall–Kier alpha value is -0.430. The molecule has 1 radical (unpaired) electrons. The third-order valence-corrected chi connectivity index (χ3v) is 4.52. The van der Waals surface area contributed by atoms with Gasteiger partial charge < -0.3 is 0 Å². The number of rotatable bonds is 6. The van der Waals surface area contributed by atoms with Crippen molar-refractivity contribution in [2.24, 2.45) is 0 Å². The van der Waals surface area contributed by atoms with Crippen LogP contribution in [0.1, 0.15) is 52.4 Å². The SMILES string of the molecule is CCCC[C]1SC(CCCC)=C2C=CC=C12. The Labute approximate surface area is 104 Å². The van der Waals surface area contributed by atoms with E-state index in [4.69, 9.17) is 0 Å². The number of hydrogen-bond donors (Lipinski definition) is 0. The molecular formula is C15H21S. The zero-order valence-corrected chi connectivity index (χ0v) is 11.2. The molecule has 0 fully saturated rings. The van der Waals surface area contributed by atoms with Gasteiger partial charge in [0.05, 0.1) is 5.25 Å². The van der Waals surface area contributed by atoms with Crippen LogP contribution in [-0.2, 0) is 0 Å². The van der Waals surface area contributed by atoms with Crippen LogP contribution in [0, 0.1) is 5.25 Å². The molecule has 0 aromatic rings. The first-order valence-corrected chi connectivity index (χ1v) is 7.34. The Bertz CT molecular complexity index is 333. The number of hydrogen-bond acceptors (Lipinski definition) is 1. The van der Waals surface area contributed by atoms with Gasteiger partial charge in [0.25, 0.3) is 0 Å². The first kappa shape index (κ1) is 12.0. The van der Waals surface area contributed by atoms with Gasteiger partial charge in [0.2, 0.25) is 0 Å². The first-order valence-electron chi connectivity index (χ1n) is 6.52. The fraction of sp³-hybridized carbons (Fsp3) is 0.533. The summed E-state index contributed by atoms with van der Waals surface area (Å²) in [5, 5.41) is 1.62. The molecule has 87 valence electrons. The first-order chi connectivity index (χ1) is 7.86. The van der Waals surface area contributed by atoms with E-state index in [1.54, 1.807) is 10.2 Å². The van der Waals surface area contributed by atoms with Crippen molar-refractivity contribution < 1.29 is 0 Å². The van der Waals surface area contributed by atoms with E-state index < -0.39 is 0 Å². The molecule has 0 bridgehead atoms. The summed E-state index contributed by atoms with van der Waals surface area (Å²) in [6.45, 7) is 4.54. The van der Waals surface area contributed by atoms with Crippen LogP contribution in [0.15, 0.2) is 34.3 Å². The maximum absolute atomic E-state index is 2.30. The molecule has 0 aromatic carbocycles. The Morgan fingerprint density at radius 3 is 2.56 bits per heavy atom. The van der Waals surface area contributed by atoms with E-state index in [-0.39, 0.29) is 0 Å². The largest absolute Gasteiger partial charge is 0.116 e. The van der Waals surface area contributed by atoms with Gasteiger partial charge in [-0.05, 0) is 35.3 Å². The molecule has 1 heterocycles. The quantitative estimate of drug-likeness (QED) is 0.592. The Morgan fingerprint density at radius 1 is 1.06 bits per heavy atom. The van der Waals surface area contributed by atoms with E-state index in [0.717, 1.165) is 0 Å². The van der Waals surface area contributed by atoms with Crippen molar-refractivity contribution in [2.75, 3.05) is 0 Å². The third kappa shape index (κ3) is 2.45. The van der Waals surface area contributed by atoms with Gasteiger partial charge >= 0.3 is 0 Å². The predicted octanol–water partition coefficient (Wildman–Crippen LogP) is 5.40. The predicted molar refractivity (Wildman–Crippen MR) is 74.1 cm³/mol. The Morgan fingerprint density at radius 2 is 1.81 bits per heavy atom. The fourth-order valence-corrected chi connectivity index (χ4v) is 3.58. The van der Waals surface area contributed by atoms with Crippen LogP contribution in [0.2, 0.25) is 0 Å². The van der Waals surface area contributed by atoms with Gasteiger partial charge in [-0.3, -0.25) is 0 Å². The Kier molecular flexibility index (Phi) is 4.34. The average molecular weight is 233 g/mol. The molecule has 1 heteroatoms. The monoisotopic (exact) mass is 233 g/mol. The molecule has 0 saturated carbocycles. The van der Waals surface area contributed by atoms with Gasteiger partial charge in [0.15, 0.2) is 0 Å². The van der Waals surface area contributed by atoms with Gasteiger partial charge in [0, 0.05) is 0 Å². The van der Waals surface area contributed by atoms with Gasteiger partial charge in [-0.1, -0.05) is 51.3 Å².